The van der Waals surface area contributed by atoms with Crippen LogP contribution in [-0.2, 0) is 14.3 Å². The lowest BCUT2D eigenvalue weighted by molar-refractivity contribution is -0.133. The van der Waals surface area contributed by atoms with Gasteiger partial charge in [0.15, 0.2) is 0 Å². The number of ether oxygens (including phenoxy) is 1. The number of aryl methyl sites for hydroxylation is 2. The Balaban J connectivity index is 1.45. The summed E-state index contributed by atoms with van der Waals surface area (Å²) >= 11 is 0. The smallest absolute Gasteiger partial charge is 0.409 e. The molecule has 0 atom stereocenters. The molecular weight excluding hydrogens is 396 g/mol. The van der Waals surface area contributed by atoms with E-state index in [1.165, 1.54) is 0 Å². The summed E-state index contributed by atoms with van der Waals surface area (Å²) in [7, 11) is 0. The summed E-state index contributed by atoms with van der Waals surface area (Å²) in [4.78, 5) is 42.7. The zero-order valence-corrected chi connectivity index (χ0v) is 18.9. The van der Waals surface area contributed by atoms with E-state index in [1.54, 1.807) is 16.7 Å². The highest BCUT2D eigenvalue weighted by Gasteiger charge is 2.31. The molecule has 3 rings (SSSR count). The maximum absolute atomic E-state index is 12.7. The van der Waals surface area contributed by atoms with E-state index in [2.05, 4.69) is 10.2 Å². The van der Waals surface area contributed by atoms with Crippen LogP contribution in [0.25, 0.3) is 0 Å². The molecular formula is C23H34N4O4. The van der Waals surface area contributed by atoms with Crippen molar-refractivity contribution in [3.05, 3.63) is 29.3 Å². The molecule has 1 aliphatic heterocycles. The second kappa shape index (κ2) is 10.6. The third-order valence-electron chi connectivity index (χ3n) is 5.85. The molecule has 0 bridgehead atoms. The van der Waals surface area contributed by atoms with Gasteiger partial charge < -0.3 is 19.9 Å². The number of nitrogens with one attached hydrogen (secondary N) is 1. The van der Waals surface area contributed by atoms with Crippen LogP contribution in [0.15, 0.2) is 18.2 Å². The predicted octanol–water partition coefficient (Wildman–Crippen LogP) is 2.40. The van der Waals surface area contributed by atoms with Crippen molar-refractivity contribution >= 4 is 23.6 Å². The molecule has 1 saturated heterocycles. The SMILES string of the molecule is CCOC(=O)N1CCN(C(=O)CCN(CC(=O)Nc2cc(C)ccc2C)C2CC2)CC1. The fourth-order valence-corrected chi connectivity index (χ4v) is 3.83. The zero-order chi connectivity index (χ0) is 22.4. The number of anilines is 1. The summed E-state index contributed by atoms with van der Waals surface area (Å²) < 4.78 is 5.02. The number of amides is 3. The van der Waals surface area contributed by atoms with Crippen LogP contribution in [0.1, 0.15) is 37.3 Å². The van der Waals surface area contributed by atoms with Gasteiger partial charge in [0.2, 0.25) is 11.8 Å². The Morgan fingerprint density at radius 1 is 1.10 bits per heavy atom. The average Bonchev–Trinajstić information content (AvgIpc) is 3.59. The fourth-order valence-electron chi connectivity index (χ4n) is 3.83. The summed E-state index contributed by atoms with van der Waals surface area (Å²) in [6.45, 7) is 9.02. The Kier molecular flexibility index (Phi) is 7.90. The van der Waals surface area contributed by atoms with Crippen LogP contribution < -0.4 is 5.32 Å². The Bertz CT molecular complexity index is 801. The van der Waals surface area contributed by atoms with Crippen LogP contribution in [0.5, 0.6) is 0 Å². The van der Waals surface area contributed by atoms with Crippen molar-refractivity contribution in [1.82, 2.24) is 14.7 Å². The molecule has 0 aromatic heterocycles. The highest BCUT2D eigenvalue weighted by atomic mass is 16.6. The molecule has 170 valence electrons. The van der Waals surface area contributed by atoms with Crippen LogP contribution in [0.4, 0.5) is 10.5 Å². The summed E-state index contributed by atoms with van der Waals surface area (Å²) in [5.74, 6) is 0.0280. The number of benzene rings is 1. The van der Waals surface area contributed by atoms with Gasteiger partial charge in [-0.05, 0) is 50.8 Å². The Morgan fingerprint density at radius 3 is 2.42 bits per heavy atom. The second-order valence-electron chi connectivity index (χ2n) is 8.38. The van der Waals surface area contributed by atoms with Gasteiger partial charge in [0, 0.05) is 50.9 Å². The number of nitrogens with zero attached hydrogens (tertiary/aromatic N) is 3. The van der Waals surface area contributed by atoms with Gasteiger partial charge in [0.25, 0.3) is 0 Å². The third kappa shape index (κ3) is 6.69. The lowest BCUT2D eigenvalue weighted by Crippen LogP contribution is -2.51. The van der Waals surface area contributed by atoms with Crippen LogP contribution in [0.3, 0.4) is 0 Å². The molecule has 1 aromatic rings. The normalized spacial score (nSPS) is 16.4. The van der Waals surface area contributed by atoms with Crippen molar-refractivity contribution in [3.8, 4) is 0 Å². The van der Waals surface area contributed by atoms with Gasteiger partial charge in [-0.15, -0.1) is 0 Å². The van der Waals surface area contributed by atoms with Crippen molar-refractivity contribution in [2.24, 2.45) is 0 Å². The molecule has 31 heavy (non-hydrogen) atoms. The van der Waals surface area contributed by atoms with Crippen LogP contribution in [-0.4, -0.2) is 84.5 Å². The van der Waals surface area contributed by atoms with E-state index in [0.29, 0.717) is 58.3 Å². The first-order valence-electron chi connectivity index (χ1n) is 11.2. The maximum Gasteiger partial charge on any atom is 0.409 e. The Morgan fingerprint density at radius 2 is 1.77 bits per heavy atom. The van der Waals surface area contributed by atoms with Crippen LogP contribution in [0, 0.1) is 13.8 Å². The minimum Gasteiger partial charge on any atom is -0.450 e. The lowest BCUT2D eigenvalue weighted by atomic mass is 10.1. The first-order valence-corrected chi connectivity index (χ1v) is 11.2. The molecule has 1 saturated carbocycles. The second-order valence-corrected chi connectivity index (χ2v) is 8.38. The van der Waals surface area contributed by atoms with Gasteiger partial charge >= 0.3 is 6.09 Å². The van der Waals surface area contributed by atoms with E-state index in [9.17, 15) is 14.4 Å². The van der Waals surface area contributed by atoms with Crippen molar-refractivity contribution in [2.75, 3.05) is 51.2 Å². The summed E-state index contributed by atoms with van der Waals surface area (Å²) in [5.41, 5.74) is 2.99. The topological polar surface area (TPSA) is 82.2 Å². The summed E-state index contributed by atoms with van der Waals surface area (Å²) in [5, 5.41) is 3.02. The molecule has 0 unspecified atom stereocenters. The van der Waals surface area contributed by atoms with Gasteiger partial charge in [-0.1, -0.05) is 12.1 Å². The highest BCUT2D eigenvalue weighted by molar-refractivity contribution is 5.93. The van der Waals surface area contributed by atoms with E-state index >= 15 is 0 Å². The molecule has 1 aliphatic carbocycles. The molecule has 2 aliphatic rings. The Hall–Kier alpha value is -2.61. The molecule has 0 spiro atoms. The van der Waals surface area contributed by atoms with Crippen molar-refractivity contribution < 1.29 is 19.1 Å². The number of hydrogen-bond acceptors (Lipinski definition) is 5. The number of carbonyl (C=O) groups is 3. The van der Waals surface area contributed by atoms with E-state index in [4.69, 9.17) is 4.74 Å². The zero-order valence-electron chi connectivity index (χ0n) is 18.9. The quantitative estimate of drug-likeness (QED) is 0.685. The van der Waals surface area contributed by atoms with Crippen molar-refractivity contribution in [3.63, 3.8) is 0 Å². The highest BCUT2D eigenvalue weighted by Crippen LogP contribution is 2.27. The van der Waals surface area contributed by atoms with Crippen LogP contribution in [0.2, 0.25) is 0 Å². The third-order valence-corrected chi connectivity index (χ3v) is 5.85. The minimum absolute atomic E-state index is 0.0453. The monoisotopic (exact) mass is 430 g/mol. The molecule has 3 amide bonds. The van der Waals surface area contributed by atoms with Gasteiger partial charge in [-0.2, -0.15) is 0 Å². The van der Waals surface area contributed by atoms with E-state index in [-0.39, 0.29) is 17.9 Å². The van der Waals surface area contributed by atoms with Crippen molar-refractivity contribution in [2.45, 2.75) is 46.1 Å². The summed E-state index contributed by atoms with van der Waals surface area (Å²) in [6.07, 6.45) is 2.21. The largest absolute Gasteiger partial charge is 0.450 e. The molecule has 1 N–H and O–H groups in total. The number of rotatable bonds is 8. The molecule has 0 radical (unpaired) electrons. The number of carbonyl (C=O) groups excluding carboxylic acids is 3. The average molecular weight is 431 g/mol. The standard InChI is InChI=1S/C23H34N4O4/c1-4-31-23(30)26-13-11-25(12-14-26)22(29)9-10-27(19-7-8-19)16-21(28)24-20-15-17(2)5-6-18(20)3/h5-6,15,19H,4,7-14,16H2,1-3H3,(H,24,28). The van der Waals surface area contributed by atoms with Gasteiger partial charge in [0.1, 0.15) is 0 Å². The molecule has 2 fully saturated rings. The molecule has 8 nitrogen and oxygen atoms in total. The van der Waals surface area contributed by atoms with Crippen LogP contribution >= 0.6 is 0 Å². The van der Waals surface area contributed by atoms with E-state index < -0.39 is 0 Å². The number of hydrogen-bond donors (Lipinski definition) is 1. The lowest BCUT2D eigenvalue weighted by Gasteiger charge is -2.34. The van der Waals surface area contributed by atoms with E-state index in [1.807, 2.05) is 32.0 Å². The van der Waals surface area contributed by atoms with Gasteiger partial charge in [-0.25, -0.2) is 4.79 Å². The number of piperazine rings is 1. The fraction of sp³-hybridized carbons (Fsp3) is 0.609. The Labute approximate surface area is 184 Å². The first kappa shape index (κ1) is 23.1. The maximum atomic E-state index is 12.7. The molecule has 1 heterocycles. The van der Waals surface area contributed by atoms with Gasteiger partial charge in [0.05, 0.1) is 13.2 Å². The first-order chi connectivity index (χ1) is 14.9. The molecule has 8 heteroatoms. The molecule has 1 aromatic carbocycles. The van der Waals surface area contributed by atoms with Crippen molar-refractivity contribution in [1.29, 1.82) is 0 Å². The predicted molar refractivity (Wildman–Crippen MR) is 119 cm³/mol. The summed E-state index contributed by atoms with van der Waals surface area (Å²) in [6, 6.07) is 6.40. The van der Waals surface area contributed by atoms with Gasteiger partial charge in [-0.3, -0.25) is 14.5 Å². The van der Waals surface area contributed by atoms with E-state index in [0.717, 1.165) is 29.7 Å². The minimum atomic E-state index is -0.315.